The van der Waals surface area contributed by atoms with E-state index in [1.54, 1.807) is 16.8 Å². The fourth-order valence-electron chi connectivity index (χ4n) is 4.38. The molecule has 0 bridgehead atoms. The maximum Gasteiger partial charge on any atom is 0.259 e. The predicted molar refractivity (Wildman–Crippen MR) is 118 cm³/mol. The molecular weight excluding hydrogens is 446 g/mol. The molecule has 0 saturated carbocycles. The zero-order valence-electron chi connectivity index (χ0n) is 15.8. The number of nitrogens with zero attached hydrogens (tertiary/aromatic N) is 3. The van der Waals surface area contributed by atoms with E-state index in [1.165, 1.54) is 5.69 Å². The maximum absolute atomic E-state index is 13.4. The number of rotatable bonds is 1. The highest BCUT2D eigenvalue weighted by molar-refractivity contribution is 9.10. The van der Waals surface area contributed by atoms with Gasteiger partial charge in [-0.1, -0.05) is 24.3 Å². The first-order valence-corrected chi connectivity index (χ1v) is 10.5. The molecule has 0 atom stereocenters. The second kappa shape index (κ2) is 6.30. The van der Waals surface area contributed by atoms with Crippen molar-refractivity contribution in [2.75, 3.05) is 6.54 Å². The number of carbonyl (C=O) groups is 1. The minimum Gasteiger partial charge on any atom is -0.357 e. The van der Waals surface area contributed by atoms with Crippen LogP contribution in [-0.2, 0) is 13.0 Å². The van der Waals surface area contributed by atoms with Crippen LogP contribution in [0.2, 0.25) is 0 Å². The normalized spacial score (nSPS) is 14.0. The third-order valence-corrected chi connectivity index (χ3v) is 6.52. The second-order valence-electron chi connectivity index (χ2n) is 7.51. The molecule has 5 aromatic rings. The molecule has 0 unspecified atom stereocenters. The number of carbonyl (C=O) groups excluding carboxylic acids is 1. The van der Waals surface area contributed by atoms with Crippen molar-refractivity contribution >= 4 is 49.3 Å². The van der Waals surface area contributed by atoms with E-state index < -0.39 is 0 Å². The van der Waals surface area contributed by atoms with Crippen LogP contribution >= 0.6 is 15.9 Å². The van der Waals surface area contributed by atoms with E-state index in [0.29, 0.717) is 35.2 Å². The molecule has 8 heteroatoms. The smallest absolute Gasteiger partial charge is 0.259 e. The van der Waals surface area contributed by atoms with Crippen molar-refractivity contribution in [1.82, 2.24) is 24.5 Å². The van der Waals surface area contributed by atoms with Gasteiger partial charge in [-0.15, -0.1) is 0 Å². The number of hydrogen-bond donors (Lipinski definition) is 2. The Hall–Kier alpha value is -3.39. The summed E-state index contributed by atoms with van der Waals surface area (Å²) in [5.41, 5.74) is 4.65. The van der Waals surface area contributed by atoms with E-state index in [2.05, 4.69) is 37.1 Å². The van der Waals surface area contributed by atoms with Crippen LogP contribution < -0.4 is 5.56 Å². The molecule has 0 spiro atoms. The van der Waals surface area contributed by atoms with Crippen LogP contribution in [0.25, 0.3) is 27.5 Å². The van der Waals surface area contributed by atoms with Crippen molar-refractivity contribution < 1.29 is 4.79 Å². The van der Waals surface area contributed by atoms with Crippen LogP contribution in [-0.4, -0.2) is 36.9 Å². The number of para-hydroxylation sites is 2. The van der Waals surface area contributed by atoms with E-state index in [-0.39, 0.29) is 11.5 Å². The Morgan fingerprint density at radius 1 is 1.07 bits per heavy atom. The summed E-state index contributed by atoms with van der Waals surface area (Å²) in [6.07, 6.45) is 2.29. The number of amides is 1. The van der Waals surface area contributed by atoms with E-state index in [9.17, 15) is 9.59 Å². The van der Waals surface area contributed by atoms with Crippen LogP contribution in [0.5, 0.6) is 0 Å². The van der Waals surface area contributed by atoms with Gasteiger partial charge < -0.3 is 14.9 Å². The third-order valence-electron chi connectivity index (χ3n) is 5.86. The SMILES string of the molecule is O=C(c1cnn2c1[nH]c(=O)c1ccccc12)N1CCc2[nH]c3c(Br)cccc3c2C1. The number of nitrogens with one attached hydrogen (secondary N) is 2. The lowest BCUT2D eigenvalue weighted by atomic mass is 10.0. The number of hydrogen-bond acceptors (Lipinski definition) is 3. The van der Waals surface area contributed by atoms with Crippen molar-refractivity contribution in [3.8, 4) is 0 Å². The van der Waals surface area contributed by atoms with Gasteiger partial charge in [0, 0.05) is 40.6 Å². The van der Waals surface area contributed by atoms with E-state index in [0.717, 1.165) is 27.4 Å². The van der Waals surface area contributed by atoms with E-state index >= 15 is 0 Å². The number of halogens is 1. The van der Waals surface area contributed by atoms with Gasteiger partial charge in [-0.25, -0.2) is 4.52 Å². The Balaban J connectivity index is 1.44. The van der Waals surface area contributed by atoms with E-state index in [4.69, 9.17) is 0 Å². The number of aromatic nitrogens is 4. The fourth-order valence-corrected chi connectivity index (χ4v) is 4.84. The van der Waals surface area contributed by atoms with E-state index in [1.807, 2.05) is 35.2 Å². The number of H-pyrrole nitrogens is 2. The summed E-state index contributed by atoms with van der Waals surface area (Å²) in [6.45, 7) is 1.12. The molecule has 1 amide bonds. The quantitative estimate of drug-likeness (QED) is 0.399. The van der Waals surface area contributed by atoms with Crippen LogP contribution in [0.1, 0.15) is 21.6 Å². The molecule has 6 rings (SSSR count). The van der Waals surface area contributed by atoms with Gasteiger partial charge in [0.2, 0.25) is 0 Å². The first-order chi connectivity index (χ1) is 14.6. The largest absolute Gasteiger partial charge is 0.357 e. The summed E-state index contributed by atoms with van der Waals surface area (Å²) in [6, 6.07) is 13.3. The molecule has 0 fully saturated rings. The van der Waals surface area contributed by atoms with Crippen molar-refractivity contribution in [2.24, 2.45) is 0 Å². The Labute approximate surface area is 178 Å². The highest BCUT2D eigenvalue weighted by Gasteiger charge is 2.27. The lowest BCUT2D eigenvalue weighted by Gasteiger charge is -2.27. The third kappa shape index (κ3) is 2.40. The van der Waals surface area contributed by atoms with Crippen LogP contribution in [0, 0.1) is 0 Å². The van der Waals surface area contributed by atoms with Gasteiger partial charge in [-0.05, 0) is 34.1 Å². The molecular formula is C22H16BrN5O2. The number of aromatic amines is 2. The summed E-state index contributed by atoms with van der Waals surface area (Å²) in [7, 11) is 0. The molecule has 3 aromatic heterocycles. The highest BCUT2D eigenvalue weighted by Crippen LogP contribution is 2.32. The molecule has 1 aliphatic heterocycles. The zero-order valence-corrected chi connectivity index (χ0v) is 17.4. The molecule has 0 aliphatic carbocycles. The molecule has 1 aliphatic rings. The summed E-state index contributed by atoms with van der Waals surface area (Å²) in [4.78, 5) is 34.1. The lowest BCUT2D eigenvalue weighted by Crippen LogP contribution is -2.35. The average molecular weight is 462 g/mol. The molecule has 2 N–H and O–H groups in total. The van der Waals surface area contributed by atoms with Gasteiger partial charge in [-0.2, -0.15) is 5.10 Å². The van der Waals surface area contributed by atoms with Crippen LogP contribution in [0.15, 0.2) is 57.9 Å². The summed E-state index contributed by atoms with van der Waals surface area (Å²) in [5, 5.41) is 6.05. The zero-order chi connectivity index (χ0) is 20.4. The number of benzene rings is 2. The molecule has 2 aromatic carbocycles. The molecule has 0 saturated heterocycles. The average Bonchev–Trinajstić information content (AvgIpc) is 3.35. The van der Waals surface area contributed by atoms with Gasteiger partial charge in [-0.3, -0.25) is 9.59 Å². The Morgan fingerprint density at radius 2 is 1.90 bits per heavy atom. The summed E-state index contributed by atoms with van der Waals surface area (Å²) in [5.74, 6) is -0.133. The molecule has 148 valence electrons. The standard InChI is InChI=1S/C22H16BrN5O2/c23-16-6-3-5-12-15-11-27(9-8-17(15)25-19(12)16)22(30)14-10-24-28-18-7-2-1-4-13(18)21(29)26-20(14)28/h1-7,10,25H,8-9,11H2,(H,26,29). The van der Waals surface area contributed by atoms with Gasteiger partial charge >= 0.3 is 0 Å². The van der Waals surface area contributed by atoms with Gasteiger partial charge in [0.15, 0.2) is 0 Å². The van der Waals surface area contributed by atoms with Crippen molar-refractivity contribution in [3.63, 3.8) is 0 Å². The first-order valence-electron chi connectivity index (χ1n) is 9.68. The van der Waals surface area contributed by atoms with Gasteiger partial charge in [0.25, 0.3) is 11.5 Å². The van der Waals surface area contributed by atoms with Crippen LogP contribution in [0.3, 0.4) is 0 Å². The van der Waals surface area contributed by atoms with Crippen LogP contribution in [0.4, 0.5) is 0 Å². The minimum atomic E-state index is -0.227. The topological polar surface area (TPSA) is 86.3 Å². The van der Waals surface area contributed by atoms with Crippen molar-refractivity contribution in [3.05, 3.63) is 80.3 Å². The minimum absolute atomic E-state index is 0.133. The summed E-state index contributed by atoms with van der Waals surface area (Å²) < 4.78 is 2.64. The fraction of sp³-hybridized carbons (Fsp3) is 0.136. The Bertz CT molecular complexity index is 1540. The molecule has 7 nitrogen and oxygen atoms in total. The predicted octanol–water partition coefficient (Wildman–Crippen LogP) is 3.62. The Morgan fingerprint density at radius 3 is 2.80 bits per heavy atom. The second-order valence-corrected chi connectivity index (χ2v) is 8.37. The number of fused-ring (bicyclic) bond motifs is 6. The maximum atomic E-state index is 13.4. The Kier molecular flexibility index (Phi) is 3.67. The summed E-state index contributed by atoms with van der Waals surface area (Å²) >= 11 is 3.60. The monoisotopic (exact) mass is 461 g/mol. The lowest BCUT2D eigenvalue weighted by molar-refractivity contribution is 0.0737. The molecule has 4 heterocycles. The van der Waals surface area contributed by atoms with Gasteiger partial charge in [0.05, 0.1) is 22.6 Å². The highest BCUT2D eigenvalue weighted by atomic mass is 79.9. The molecule has 0 radical (unpaired) electrons. The first kappa shape index (κ1) is 17.5. The van der Waals surface area contributed by atoms with Gasteiger partial charge in [0.1, 0.15) is 11.2 Å². The molecule has 30 heavy (non-hydrogen) atoms. The van der Waals surface area contributed by atoms with Crippen molar-refractivity contribution in [2.45, 2.75) is 13.0 Å². The van der Waals surface area contributed by atoms with Crippen molar-refractivity contribution in [1.29, 1.82) is 0 Å².